The van der Waals surface area contributed by atoms with Crippen LogP contribution < -0.4 is 11.5 Å². The molecule has 3 nitrogen and oxygen atoms in total. The summed E-state index contributed by atoms with van der Waals surface area (Å²) < 4.78 is 0. The van der Waals surface area contributed by atoms with E-state index >= 15 is 0 Å². The zero-order chi connectivity index (χ0) is 21.0. The van der Waals surface area contributed by atoms with Crippen LogP contribution >= 0.6 is 44.1 Å². The molecule has 0 amide bonds. The molecule has 0 heterocycles. The first-order valence-corrected chi connectivity index (χ1v) is 17.4. The Bertz CT molecular complexity index is 215. The molecule has 0 aromatic heterocycles. The summed E-state index contributed by atoms with van der Waals surface area (Å²) in [6.07, 6.45) is 2.48. The van der Waals surface area contributed by atoms with E-state index in [0.717, 1.165) is 47.1 Å². The van der Waals surface area contributed by atoms with Crippen LogP contribution in [0.25, 0.3) is 0 Å². The number of halogens is 2. The molecule has 8 heteroatoms. The summed E-state index contributed by atoms with van der Waals surface area (Å²) in [5.74, 6) is 0. The van der Waals surface area contributed by atoms with Crippen molar-refractivity contribution in [3.63, 3.8) is 0 Å². The summed E-state index contributed by atoms with van der Waals surface area (Å²) in [5.41, 5.74) is 14.4. The van der Waals surface area contributed by atoms with E-state index in [2.05, 4.69) is 83.6 Å². The van der Waals surface area contributed by atoms with Crippen molar-refractivity contribution < 1.29 is 16.1 Å². The second-order valence-corrected chi connectivity index (χ2v) is 19.1. The van der Waals surface area contributed by atoms with Gasteiger partial charge < -0.3 is 16.3 Å². The molecule has 4 N–H and O–H groups in total. The van der Waals surface area contributed by atoms with Gasteiger partial charge in [-0.1, -0.05) is 55.4 Å². The molecule has 0 bridgehead atoms. The second-order valence-electron chi connectivity index (χ2n) is 6.48. The van der Waals surface area contributed by atoms with Crippen LogP contribution in [0.2, 0.25) is 0 Å². The first-order chi connectivity index (χ1) is 11.6. The molecule has 25 heavy (non-hydrogen) atoms. The van der Waals surface area contributed by atoms with E-state index in [1.165, 1.54) is 12.3 Å². The first-order valence-electron chi connectivity index (χ1n) is 8.66. The van der Waals surface area contributed by atoms with Crippen LogP contribution in [0.15, 0.2) is 0 Å². The molecule has 0 saturated heterocycles. The van der Waals surface area contributed by atoms with Crippen molar-refractivity contribution in [2.24, 2.45) is 11.5 Å². The average Bonchev–Trinajstić information content (AvgIpc) is 2.52. The predicted molar refractivity (Wildman–Crippen MR) is 127 cm³/mol. The van der Waals surface area contributed by atoms with Crippen LogP contribution in [-0.4, -0.2) is 54.8 Å². The van der Waals surface area contributed by atoms with Gasteiger partial charge in [0.05, 0.1) is 0 Å². The number of nitrogens with two attached hydrogens (primary N) is 2. The third-order valence-electron chi connectivity index (χ3n) is 3.43. The maximum atomic E-state index is 8.00. The molecule has 0 atom stereocenters. The van der Waals surface area contributed by atoms with Gasteiger partial charge >= 0.3 is 39.6 Å². The molecule has 0 aromatic carbocycles. The van der Waals surface area contributed by atoms with Crippen molar-refractivity contribution in [1.82, 2.24) is 0 Å². The van der Waals surface area contributed by atoms with Crippen LogP contribution in [0.5, 0.6) is 0 Å². The number of carbonyl (C=O) groups excluding carboxylic acids is 1. The molecule has 0 aliphatic carbocycles. The molecule has 0 saturated carbocycles. The molecule has 0 aliphatic rings. The van der Waals surface area contributed by atoms with E-state index in [-0.39, 0.29) is 15.8 Å². The van der Waals surface area contributed by atoms with Gasteiger partial charge in [0.1, 0.15) is 6.79 Å². The summed E-state index contributed by atoms with van der Waals surface area (Å²) in [7, 11) is 0.392. The Morgan fingerprint density at radius 3 is 0.920 bits per heavy atom. The second kappa shape index (κ2) is 25.9. The monoisotopic (exact) mass is 566 g/mol. The summed E-state index contributed by atoms with van der Waals surface area (Å²) in [6.45, 7) is 22.2. The Labute approximate surface area is 181 Å². The molecule has 0 radical (unpaired) electrons. The van der Waals surface area contributed by atoms with Gasteiger partial charge in [-0.05, 0) is 48.0 Å². The molecule has 0 unspecified atom stereocenters. The fraction of sp³-hybridized carbons (Fsp3) is 0.941. The fourth-order valence-corrected chi connectivity index (χ4v) is 7.57. The van der Waals surface area contributed by atoms with Crippen molar-refractivity contribution in [3.8, 4) is 0 Å². The van der Waals surface area contributed by atoms with Gasteiger partial charge in [-0.25, -0.2) is 0 Å². The molecule has 0 aromatic rings. The van der Waals surface area contributed by atoms with Gasteiger partial charge in [0, 0.05) is 0 Å². The normalized spacial score (nSPS) is 10.6. The summed E-state index contributed by atoms with van der Waals surface area (Å²) in [6, 6.07) is 0. The van der Waals surface area contributed by atoms with E-state index in [0.29, 0.717) is 0 Å². The van der Waals surface area contributed by atoms with Crippen molar-refractivity contribution in [3.05, 3.63) is 0 Å². The topological polar surface area (TPSA) is 69.1 Å². The number of hydrogen-bond acceptors (Lipinski definition) is 3. The Morgan fingerprint density at radius 1 is 0.720 bits per heavy atom. The quantitative estimate of drug-likeness (QED) is 0.279. The van der Waals surface area contributed by atoms with Crippen molar-refractivity contribution in [1.29, 1.82) is 0 Å². The summed E-state index contributed by atoms with van der Waals surface area (Å²) >= 11 is 7.00. The van der Waals surface area contributed by atoms with Crippen molar-refractivity contribution in [2.45, 2.75) is 78.0 Å². The Kier molecular flexibility index (Phi) is 35.7. The zero-order valence-electron chi connectivity index (χ0n) is 17.4. The molecule has 0 fully saturated rings. The Morgan fingerprint density at radius 2 is 0.880 bits per heavy atom. The molecule has 158 valence electrons. The third-order valence-corrected chi connectivity index (χ3v) is 10.3. The molecule has 0 spiro atoms. The minimum absolute atomic E-state index is 0.196. The molecule has 0 rings (SSSR count). The van der Waals surface area contributed by atoms with Crippen LogP contribution in [0.4, 0.5) is 0 Å². The fourth-order valence-electron chi connectivity index (χ4n) is 2.52. The van der Waals surface area contributed by atoms with Gasteiger partial charge in [0.2, 0.25) is 0 Å². The summed E-state index contributed by atoms with van der Waals surface area (Å²) in [5, 5.41) is 0. The van der Waals surface area contributed by atoms with Gasteiger partial charge in [0.25, 0.3) is 0 Å². The average molecular weight is 568 g/mol. The van der Waals surface area contributed by atoms with Gasteiger partial charge in [-0.3, -0.25) is 0 Å². The Hall–Kier alpha value is 1.93. The van der Waals surface area contributed by atoms with Gasteiger partial charge in [-0.2, -0.15) is 0 Å². The minimum atomic E-state index is 0.196. The predicted octanol–water partition coefficient (Wildman–Crippen LogP) is 5.99. The van der Waals surface area contributed by atoms with E-state index in [1.807, 2.05) is 6.79 Å². The summed E-state index contributed by atoms with van der Waals surface area (Å²) in [4.78, 5) is 8.00. The van der Waals surface area contributed by atoms with Crippen LogP contribution in [0, 0.1) is 0 Å². The van der Waals surface area contributed by atoms with Crippen LogP contribution in [0.1, 0.15) is 55.4 Å². The van der Waals surface area contributed by atoms with Crippen molar-refractivity contribution in [2.75, 3.05) is 25.4 Å². The third kappa shape index (κ3) is 25.9. The van der Waals surface area contributed by atoms with E-state index in [4.69, 9.17) is 16.3 Å². The standard InChI is InChI=1S/2C8H20NP.CH2O.2BrH.Fe/c2*1-7(2)10(6-5-9)8(3)4;1-2;;;/h2*7-8H,5-6,9H2,1-4H3;1H2;2*1H;/q;;;;;+2/p-2. The number of hydrogen-bond donors (Lipinski definition) is 2. The molecular weight excluding hydrogens is 526 g/mol. The SMILES string of the molecule is C=O.CC(C)P(CCN)C(C)C.CC(C)P(CCN)C(C)C.[Br][Fe][Br]. The van der Waals surface area contributed by atoms with E-state index in [9.17, 15) is 0 Å². The number of carbonyl (C=O) groups is 1. The van der Waals surface area contributed by atoms with E-state index in [1.54, 1.807) is 0 Å². The zero-order valence-corrected chi connectivity index (χ0v) is 23.5. The Balaban J connectivity index is -0.000000140. The molecular formula is C17H42Br2FeN2OP2. The van der Waals surface area contributed by atoms with Gasteiger partial charge in [-0.15, -0.1) is 15.8 Å². The van der Waals surface area contributed by atoms with Crippen LogP contribution in [0.3, 0.4) is 0 Å². The first kappa shape index (κ1) is 34.4. The molecule has 0 aliphatic heterocycles. The van der Waals surface area contributed by atoms with Gasteiger partial charge in [0.15, 0.2) is 0 Å². The number of rotatable bonds is 8. The van der Waals surface area contributed by atoms with E-state index < -0.39 is 0 Å². The maximum absolute atomic E-state index is 8.00. The van der Waals surface area contributed by atoms with Crippen LogP contribution in [-0.2, 0) is 16.1 Å². The van der Waals surface area contributed by atoms with Crippen molar-refractivity contribution >= 4 is 50.9 Å².